The lowest BCUT2D eigenvalue weighted by atomic mass is 10.1. The Morgan fingerprint density at radius 1 is 1.19 bits per heavy atom. The topological polar surface area (TPSA) is 32.3 Å². The third-order valence-corrected chi connectivity index (χ3v) is 3.53. The summed E-state index contributed by atoms with van der Waals surface area (Å²) in [7, 11) is 2.02. The summed E-state index contributed by atoms with van der Waals surface area (Å²) in [6.45, 7) is 1.55. The molecule has 0 fully saturated rings. The molecule has 0 bridgehead atoms. The minimum atomic E-state index is -0.435. The summed E-state index contributed by atoms with van der Waals surface area (Å²) in [4.78, 5) is 4.22. The molecule has 21 heavy (non-hydrogen) atoms. The van der Waals surface area contributed by atoms with Crippen LogP contribution in [0.4, 0.5) is 4.39 Å². The maximum Gasteiger partial charge on any atom is 0.141 e. The molecule has 0 atom stereocenters. The third-order valence-electron chi connectivity index (χ3n) is 3.24. The summed E-state index contributed by atoms with van der Waals surface area (Å²) in [5.41, 5.74) is 2.31. The van der Waals surface area contributed by atoms with Crippen LogP contribution in [0.15, 0.2) is 42.7 Å². The summed E-state index contributed by atoms with van der Waals surface area (Å²) in [6.07, 6.45) is 4.04. The molecule has 2 aromatic rings. The molecule has 0 saturated carbocycles. The molecular formula is C15H14ClFN4. The highest BCUT2D eigenvalue weighted by molar-refractivity contribution is 6.31. The predicted molar refractivity (Wildman–Crippen MR) is 79.7 cm³/mol. The van der Waals surface area contributed by atoms with Crippen molar-refractivity contribution in [2.75, 3.05) is 13.7 Å². The number of hydrogen-bond donors (Lipinski definition) is 0. The minimum absolute atomic E-state index is 0.0867. The molecule has 1 aliphatic heterocycles. The molecule has 2 heterocycles. The molecule has 6 heteroatoms. The molecule has 0 radical (unpaired) electrons. The van der Waals surface area contributed by atoms with Gasteiger partial charge in [-0.1, -0.05) is 11.6 Å². The van der Waals surface area contributed by atoms with Gasteiger partial charge >= 0.3 is 0 Å². The first-order valence-corrected chi connectivity index (χ1v) is 6.90. The molecule has 0 saturated heterocycles. The Morgan fingerprint density at radius 2 is 2.05 bits per heavy atom. The van der Waals surface area contributed by atoms with Crippen LogP contribution in [-0.4, -0.2) is 33.7 Å². The van der Waals surface area contributed by atoms with Gasteiger partial charge in [-0.2, -0.15) is 10.2 Å². The molecule has 0 N–H and O–H groups in total. The van der Waals surface area contributed by atoms with Crippen LogP contribution in [0.25, 0.3) is 11.3 Å². The first-order valence-electron chi connectivity index (χ1n) is 6.52. The highest BCUT2D eigenvalue weighted by Gasteiger charge is 2.10. The van der Waals surface area contributed by atoms with Gasteiger partial charge in [0.2, 0.25) is 0 Å². The van der Waals surface area contributed by atoms with Gasteiger partial charge in [-0.3, -0.25) is 0 Å². The Bertz CT molecular complexity index is 672. The third kappa shape index (κ3) is 3.13. The van der Waals surface area contributed by atoms with E-state index in [4.69, 9.17) is 11.6 Å². The summed E-state index contributed by atoms with van der Waals surface area (Å²) in [5, 5.41) is 8.49. The number of hydrogen-bond acceptors (Lipinski definition) is 4. The fraction of sp³-hybridized carbons (Fsp3) is 0.200. The molecule has 4 nitrogen and oxygen atoms in total. The van der Waals surface area contributed by atoms with Gasteiger partial charge in [-0.15, -0.1) is 0 Å². The van der Waals surface area contributed by atoms with Crippen LogP contribution in [0.5, 0.6) is 0 Å². The first kappa shape index (κ1) is 13.8. The summed E-state index contributed by atoms with van der Waals surface area (Å²) in [5.74, 6) is -0.435. The number of nitrogens with zero attached hydrogens (tertiary/aromatic N) is 4. The van der Waals surface area contributed by atoms with E-state index in [0.29, 0.717) is 12.2 Å². The van der Waals surface area contributed by atoms with Gasteiger partial charge in [0.15, 0.2) is 0 Å². The maximum atomic E-state index is 13.2. The summed E-state index contributed by atoms with van der Waals surface area (Å²) >= 11 is 5.78. The Kier molecular flexibility index (Phi) is 3.75. The maximum absolute atomic E-state index is 13.2. The zero-order chi connectivity index (χ0) is 14.8. The fourth-order valence-corrected chi connectivity index (χ4v) is 2.33. The fourth-order valence-electron chi connectivity index (χ4n) is 2.15. The molecule has 0 spiro atoms. The molecular weight excluding hydrogens is 291 g/mol. The van der Waals surface area contributed by atoms with E-state index in [1.54, 1.807) is 12.1 Å². The zero-order valence-electron chi connectivity index (χ0n) is 11.5. The standard InChI is InChI=1S/C15H14ClFN4/c1-20-6-7-21(10-20)9-12-3-5-15(19-18-12)11-2-4-14(17)13(16)8-11/h2-8H,9-10H2,1H3. The van der Waals surface area contributed by atoms with E-state index in [-0.39, 0.29) is 5.02 Å². The smallest absolute Gasteiger partial charge is 0.141 e. The van der Waals surface area contributed by atoms with Gasteiger partial charge in [0.05, 0.1) is 29.6 Å². The number of benzene rings is 1. The van der Waals surface area contributed by atoms with Crippen molar-refractivity contribution in [2.45, 2.75) is 6.54 Å². The lowest BCUT2D eigenvalue weighted by molar-refractivity contribution is 0.287. The largest absolute Gasteiger partial charge is 0.362 e. The van der Waals surface area contributed by atoms with Gasteiger partial charge in [0.1, 0.15) is 5.82 Å². The van der Waals surface area contributed by atoms with Gasteiger partial charge in [0, 0.05) is 25.0 Å². The number of rotatable bonds is 3. The van der Waals surface area contributed by atoms with Crippen molar-refractivity contribution in [3.8, 4) is 11.3 Å². The van der Waals surface area contributed by atoms with Crippen molar-refractivity contribution in [1.29, 1.82) is 0 Å². The van der Waals surface area contributed by atoms with Crippen LogP contribution in [-0.2, 0) is 6.54 Å². The Labute approximate surface area is 127 Å². The van der Waals surface area contributed by atoms with Gasteiger partial charge in [0.25, 0.3) is 0 Å². The molecule has 0 amide bonds. The lowest BCUT2D eigenvalue weighted by Crippen LogP contribution is -2.22. The van der Waals surface area contributed by atoms with Crippen LogP contribution in [0.1, 0.15) is 5.69 Å². The summed E-state index contributed by atoms with van der Waals surface area (Å²) in [6, 6.07) is 8.32. The van der Waals surface area contributed by atoms with Crippen molar-refractivity contribution in [2.24, 2.45) is 0 Å². The highest BCUT2D eigenvalue weighted by Crippen LogP contribution is 2.23. The van der Waals surface area contributed by atoms with E-state index in [9.17, 15) is 4.39 Å². The van der Waals surface area contributed by atoms with Crippen LogP contribution >= 0.6 is 11.6 Å². The molecule has 1 aliphatic rings. The van der Waals surface area contributed by atoms with E-state index in [1.807, 2.05) is 31.6 Å². The van der Waals surface area contributed by atoms with Crippen LogP contribution < -0.4 is 0 Å². The average molecular weight is 305 g/mol. The predicted octanol–water partition coefficient (Wildman–Crippen LogP) is 3.11. The van der Waals surface area contributed by atoms with Crippen molar-refractivity contribution in [1.82, 2.24) is 20.0 Å². The lowest BCUT2D eigenvalue weighted by Gasteiger charge is -2.17. The second-order valence-electron chi connectivity index (χ2n) is 4.98. The normalized spacial score (nSPS) is 14.0. The molecule has 3 rings (SSSR count). The van der Waals surface area contributed by atoms with Crippen LogP contribution in [0.3, 0.4) is 0 Å². The zero-order valence-corrected chi connectivity index (χ0v) is 12.3. The monoisotopic (exact) mass is 304 g/mol. The first-order chi connectivity index (χ1) is 10.1. The van der Waals surface area contributed by atoms with E-state index in [0.717, 1.165) is 17.9 Å². The second-order valence-corrected chi connectivity index (χ2v) is 5.39. The Hall–Kier alpha value is -2.14. The van der Waals surface area contributed by atoms with Crippen LogP contribution in [0.2, 0.25) is 5.02 Å². The molecule has 0 unspecified atom stereocenters. The molecule has 1 aromatic carbocycles. The van der Waals surface area contributed by atoms with Gasteiger partial charge in [-0.05, 0) is 30.3 Å². The van der Waals surface area contributed by atoms with E-state index >= 15 is 0 Å². The molecule has 1 aromatic heterocycles. The highest BCUT2D eigenvalue weighted by atomic mass is 35.5. The summed E-state index contributed by atoms with van der Waals surface area (Å²) < 4.78 is 13.2. The van der Waals surface area contributed by atoms with E-state index in [2.05, 4.69) is 20.0 Å². The van der Waals surface area contributed by atoms with E-state index < -0.39 is 5.82 Å². The number of halogens is 2. The SMILES string of the molecule is CN1C=CN(Cc2ccc(-c3ccc(F)c(Cl)c3)nn2)C1. The Morgan fingerprint density at radius 3 is 2.67 bits per heavy atom. The van der Waals surface area contributed by atoms with Crippen molar-refractivity contribution >= 4 is 11.6 Å². The molecule has 108 valence electrons. The second kappa shape index (κ2) is 5.69. The van der Waals surface area contributed by atoms with Crippen molar-refractivity contribution < 1.29 is 4.39 Å². The minimum Gasteiger partial charge on any atom is -0.362 e. The van der Waals surface area contributed by atoms with Gasteiger partial charge in [-0.25, -0.2) is 4.39 Å². The van der Waals surface area contributed by atoms with Gasteiger partial charge < -0.3 is 9.80 Å². The van der Waals surface area contributed by atoms with Crippen LogP contribution in [0, 0.1) is 5.82 Å². The number of aromatic nitrogens is 2. The van der Waals surface area contributed by atoms with E-state index in [1.165, 1.54) is 6.07 Å². The molecule has 0 aliphatic carbocycles. The average Bonchev–Trinajstić information content (AvgIpc) is 2.88. The quantitative estimate of drug-likeness (QED) is 0.872. The Balaban J connectivity index is 1.74. The van der Waals surface area contributed by atoms with Crippen molar-refractivity contribution in [3.63, 3.8) is 0 Å². The van der Waals surface area contributed by atoms with Crippen molar-refractivity contribution in [3.05, 3.63) is 59.3 Å².